The number of methoxy groups -OCH3 is 1. The number of likely N-dealkylation sites (N-methyl/N-ethyl adjacent to an activating group) is 1. The number of thiophene rings is 1. The number of alkyl halides is 4. The first-order chi connectivity index (χ1) is 25.3. The highest BCUT2D eigenvalue weighted by atomic mass is 32.1. The van der Waals surface area contributed by atoms with Crippen molar-refractivity contribution < 1.29 is 35.9 Å². The zero-order valence-electron chi connectivity index (χ0n) is 29.4. The van der Waals surface area contributed by atoms with Crippen LogP contribution in [0.25, 0.3) is 32.1 Å². The summed E-state index contributed by atoms with van der Waals surface area (Å²) < 4.78 is 93.5. The number of anilines is 2. The van der Waals surface area contributed by atoms with Crippen LogP contribution in [0.1, 0.15) is 63.5 Å². The summed E-state index contributed by atoms with van der Waals surface area (Å²) in [5.74, 6) is -2.04. The first-order valence-corrected chi connectivity index (χ1v) is 18.6. The van der Waals surface area contributed by atoms with E-state index in [0.717, 1.165) is 44.0 Å². The van der Waals surface area contributed by atoms with E-state index in [2.05, 4.69) is 14.9 Å². The number of likely N-dealkylation sites (tertiary alicyclic amines) is 1. The lowest BCUT2D eigenvalue weighted by atomic mass is 9.92. The second-order valence-corrected chi connectivity index (χ2v) is 15.2. The molecule has 3 saturated heterocycles. The summed E-state index contributed by atoms with van der Waals surface area (Å²) in [6.07, 6.45) is -0.0325. The number of hydrogen-bond acceptors (Lipinski definition) is 9. The highest BCUT2D eigenvalue weighted by molar-refractivity contribution is 7.23. The molecule has 0 spiro atoms. The van der Waals surface area contributed by atoms with Gasteiger partial charge in [-0.3, -0.25) is 9.69 Å². The molecule has 8 rings (SSSR count). The number of halogens is 6. The molecule has 4 aromatic rings. The van der Waals surface area contributed by atoms with Crippen LogP contribution in [-0.4, -0.2) is 83.3 Å². The molecule has 5 heterocycles. The van der Waals surface area contributed by atoms with Crippen LogP contribution in [0.4, 0.5) is 37.2 Å². The molecular weight excluding hydrogens is 721 g/mol. The number of rotatable bonds is 6. The van der Waals surface area contributed by atoms with Crippen LogP contribution in [0, 0.1) is 28.9 Å². The third kappa shape index (κ3) is 6.60. The van der Waals surface area contributed by atoms with Crippen LogP contribution in [0.15, 0.2) is 18.2 Å². The van der Waals surface area contributed by atoms with Gasteiger partial charge in [-0.05, 0) is 76.6 Å². The van der Waals surface area contributed by atoms with Crippen LogP contribution in [-0.2, 0) is 11.0 Å². The quantitative estimate of drug-likeness (QED) is 0.199. The molecule has 1 saturated carbocycles. The van der Waals surface area contributed by atoms with Crippen molar-refractivity contribution in [3.63, 3.8) is 0 Å². The fourth-order valence-corrected chi connectivity index (χ4v) is 9.23. The largest absolute Gasteiger partial charge is 0.467 e. The number of carbonyl (C=O) groups excluding carboxylic acids is 1. The van der Waals surface area contributed by atoms with Gasteiger partial charge < -0.3 is 20.3 Å². The topological polar surface area (TPSA) is 112 Å². The first kappa shape index (κ1) is 37.0. The van der Waals surface area contributed by atoms with Gasteiger partial charge in [0.2, 0.25) is 5.91 Å². The number of carbonyl (C=O) groups is 1. The summed E-state index contributed by atoms with van der Waals surface area (Å²) in [6.45, 7) is 6.32. The van der Waals surface area contributed by atoms with Gasteiger partial charge >= 0.3 is 12.2 Å². The molecule has 3 aliphatic heterocycles. The number of benzene rings is 2. The van der Waals surface area contributed by atoms with Gasteiger partial charge in [0.25, 0.3) is 0 Å². The fourth-order valence-electron chi connectivity index (χ4n) is 8.28. The van der Waals surface area contributed by atoms with Gasteiger partial charge in [-0.15, -0.1) is 11.3 Å². The summed E-state index contributed by atoms with van der Waals surface area (Å²) in [5, 5.41) is 9.19. The molecular formula is C37H39F6N7O2S. The van der Waals surface area contributed by atoms with Gasteiger partial charge in [0.15, 0.2) is 5.82 Å². The molecule has 282 valence electrons. The van der Waals surface area contributed by atoms with Crippen molar-refractivity contribution in [3.8, 4) is 23.2 Å². The molecule has 4 unspecified atom stereocenters. The Morgan fingerprint density at radius 3 is 2.57 bits per heavy atom. The number of nitrogens with zero attached hydrogens (tertiary/aromatic N) is 6. The Morgan fingerprint density at radius 1 is 1.17 bits per heavy atom. The van der Waals surface area contributed by atoms with E-state index in [1.54, 1.807) is 16.7 Å². The molecule has 2 N–H and O–H groups in total. The minimum Gasteiger partial charge on any atom is -0.467 e. The number of ether oxygens (including phenoxy) is 1. The van der Waals surface area contributed by atoms with E-state index in [0.29, 0.717) is 43.4 Å². The molecule has 9 nitrogen and oxygen atoms in total. The zero-order valence-corrected chi connectivity index (χ0v) is 30.3. The monoisotopic (exact) mass is 759 g/mol. The number of nitrogen functional groups attached to an aromatic ring is 1. The van der Waals surface area contributed by atoms with Gasteiger partial charge in [0.05, 0.1) is 29.0 Å². The van der Waals surface area contributed by atoms with E-state index in [1.165, 1.54) is 20.0 Å². The van der Waals surface area contributed by atoms with Gasteiger partial charge in [-0.1, -0.05) is 6.07 Å². The maximum Gasteiger partial charge on any atom is 0.417 e. The maximum absolute atomic E-state index is 16.7. The summed E-state index contributed by atoms with van der Waals surface area (Å²) >= 11 is 0.695. The van der Waals surface area contributed by atoms with E-state index in [1.807, 2.05) is 13.0 Å². The van der Waals surface area contributed by atoms with Crippen molar-refractivity contribution in [1.82, 2.24) is 19.8 Å². The summed E-state index contributed by atoms with van der Waals surface area (Å²) in [5.41, 5.74) is 2.63. The predicted molar refractivity (Wildman–Crippen MR) is 190 cm³/mol. The molecule has 0 radical (unpaired) electrons. The molecule has 2 aromatic heterocycles. The second-order valence-electron chi connectivity index (χ2n) is 14.1. The van der Waals surface area contributed by atoms with E-state index < -0.39 is 40.6 Å². The average molecular weight is 760 g/mol. The number of nitriles is 1. The molecule has 4 fully saturated rings. The lowest BCUT2D eigenvalue weighted by Gasteiger charge is -2.34. The molecule has 0 bridgehead atoms. The van der Waals surface area contributed by atoms with Crippen molar-refractivity contribution in [2.24, 2.45) is 5.92 Å². The Morgan fingerprint density at radius 2 is 1.92 bits per heavy atom. The molecule has 53 heavy (non-hydrogen) atoms. The fraction of sp³-hybridized carbons (Fsp3) is 0.514. The van der Waals surface area contributed by atoms with Crippen molar-refractivity contribution in [2.45, 2.75) is 82.8 Å². The van der Waals surface area contributed by atoms with Crippen LogP contribution in [0.5, 0.6) is 6.01 Å². The Labute approximate surface area is 306 Å². The highest BCUT2D eigenvalue weighted by Gasteiger charge is 2.44. The Kier molecular flexibility index (Phi) is 9.86. The van der Waals surface area contributed by atoms with E-state index in [4.69, 9.17) is 10.5 Å². The standard InChI is InChI=1S/C30H27F5N6O2S.C7H12FN/c1-4-40(20-9-10-41(13(20)2)28(42)14-5-6-14)27-16-11-18(30(33,34)35)22(23(32)24(16)38-29(39-27)43-3)15-7-8-19(31)25-21(15)17(12-36)26(37)44-25;8-6-4-7-2-1-3-9(7)5-6/h7-8,11,13-14,20H,4-6,9-10,37H2,1-3H3;6-7H,1-5H2. The third-order valence-corrected chi connectivity index (χ3v) is 12.0. The molecule has 4 aliphatic rings. The predicted octanol–water partition coefficient (Wildman–Crippen LogP) is 7.69. The summed E-state index contributed by atoms with van der Waals surface area (Å²) in [4.78, 5) is 27.2. The Bertz CT molecular complexity index is 2100. The van der Waals surface area contributed by atoms with Crippen LogP contribution >= 0.6 is 11.3 Å². The maximum atomic E-state index is 16.7. The number of nitrogens with two attached hydrogens (primary N) is 1. The van der Waals surface area contributed by atoms with Gasteiger partial charge in [0, 0.05) is 54.0 Å². The summed E-state index contributed by atoms with van der Waals surface area (Å²) in [7, 11) is 1.26. The smallest absolute Gasteiger partial charge is 0.417 e. The lowest BCUT2D eigenvalue weighted by Crippen LogP contribution is -2.46. The summed E-state index contributed by atoms with van der Waals surface area (Å²) in [6, 6.07) is 4.28. The highest BCUT2D eigenvalue weighted by Crippen LogP contribution is 2.48. The molecule has 2 aromatic carbocycles. The Hall–Kier alpha value is -4.36. The average Bonchev–Trinajstić information content (AvgIpc) is 3.43. The van der Waals surface area contributed by atoms with Crippen LogP contribution in [0.3, 0.4) is 0 Å². The molecule has 1 amide bonds. The minimum absolute atomic E-state index is 0.00571. The zero-order chi connectivity index (χ0) is 37.9. The van der Waals surface area contributed by atoms with Gasteiger partial charge in [0.1, 0.15) is 34.4 Å². The van der Waals surface area contributed by atoms with Crippen molar-refractivity contribution in [1.29, 1.82) is 5.26 Å². The van der Waals surface area contributed by atoms with Crippen LogP contribution in [0.2, 0.25) is 0 Å². The van der Waals surface area contributed by atoms with Gasteiger partial charge in [-0.25, -0.2) is 13.2 Å². The second kappa shape index (κ2) is 14.1. The molecule has 1 aliphatic carbocycles. The number of aromatic nitrogens is 2. The number of amides is 1. The van der Waals surface area contributed by atoms with E-state index >= 15 is 4.39 Å². The van der Waals surface area contributed by atoms with E-state index in [-0.39, 0.29) is 67.3 Å². The van der Waals surface area contributed by atoms with Crippen molar-refractivity contribution in [2.75, 3.05) is 43.9 Å². The van der Waals surface area contributed by atoms with Crippen molar-refractivity contribution >= 4 is 49.1 Å². The van der Waals surface area contributed by atoms with Crippen molar-refractivity contribution in [3.05, 3.63) is 41.0 Å². The van der Waals surface area contributed by atoms with Crippen LogP contribution < -0.4 is 15.4 Å². The number of fused-ring (bicyclic) bond motifs is 3. The normalized spacial score (nSPS) is 22.9. The SMILES string of the molecule is CCN(c1nc(OC)nc2c(F)c(-c3ccc(F)c4sc(N)c(C#N)c34)c(C(F)(F)F)cc12)C1CCN(C(=O)C2CC2)C1C.FC1CC2CCCN2C1. The van der Waals surface area contributed by atoms with E-state index in [9.17, 15) is 32.0 Å². The minimum atomic E-state index is -5.07. The number of hydrogen-bond donors (Lipinski definition) is 1. The van der Waals surface area contributed by atoms with Gasteiger partial charge in [-0.2, -0.15) is 28.4 Å². The molecule has 4 atom stereocenters. The first-order valence-electron chi connectivity index (χ1n) is 17.8. The Balaban J connectivity index is 0.000000418. The third-order valence-electron chi connectivity index (χ3n) is 11.0. The molecule has 16 heteroatoms. The lowest BCUT2D eigenvalue weighted by molar-refractivity contribution is -0.137.